The van der Waals surface area contributed by atoms with E-state index in [0.29, 0.717) is 0 Å². The van der Waals surface area contributed by atoms with Gasteiger partial charge in [0.2, 0.25) is 5.91 Å². The fraction of sp³-hybridized carbons (Fsp3) is 0.364. The molecule has 0 aliphatic carbocycles. The van der Waals surface area contributed by atoms with Gasteiger partial charge in [-0.15, -0.1) is 0 Å². The number of hydrogen-bond donors (Lipinski definition) is 2. The molecule has 4 heteroatoms. The molecule has 1 unspecified atom stereocenters. The number of amides is 1. The van der Waals surface area contributed by atoms with Crippen LogP contribution in [0.3, 0.4) is 0 Å². The summed E-state index contributed by atoms with van der Waals surface area (Å²) >= 11 is 0. The molecule has 1 amide bonds. The molecule has 1 atom stereocenters. The van der Waals surface area contributed by atoms with Crippen LogP contribution in [0.15, 0.2) is 18.2 Å². The van der Waals surface area contributed by atoms with Crippen LogP contribution in [0.5, 0.6) is 0 Å². The molecule has 4 nitrogen and oxygen atoms in total. The molecule has 0 radical (unpaired) electrons. The Hall–Kier alpha value is -1.71. The molecule has 1 saturated heterocycles. The van der Waals surface area contributed by atoms with Crippen molar-refractivity contribution in [2.45, 2.75) is 19.4 Å². The quantitative estimate of drug-likeness (QED) is 0.696. The number of nitrogens with two attached hydrogens (primary N) is 2. The summed E-state index contributed by atoms with van der Waals surface area (Å²) in [7, 11) is 0. The summed E-state index contributed by atoms with van der Waals surface area (Å²) in [6.45, 7) is 2.83. The molecule has 1 aromatic carbocycles. The maximum Gasteiger partial charge on any atom is 0.240 e. The lowest BCUT2D eigenvalue weighted by Gasteiger charge is -2.40. The molecular formula is C11H15N3O. The van der Waals surface area contributed by atoms with Gasteiger partial charge >= 0.3 is 0 Å². The Kier molecular flexibility index (Phi) is 2.26. The average Bonchev–Trinajstić information content (AvgIpc) is 2.08. The third-order valence-electron chi connectivity index (χ3n) is 2.94. The SMILES string of the molecule is Cc1ccc(N2CCC2C(N)=O)cc1N. The van der Waals surface area contributed by atoms with Gasteiger partial charge in [0.05, 0.1) is 0 Å². The van der Waals surface area contributed by atoms with E-state index in [0.717, 1.165) is 29.9 Å². The molecule has 0 saturated carbocycles. The van der Waals surface area contributed by atoms with Crippen molar-refractivity contribution < 1.29 is 4.79 Å². The highest BCUT2D eigenvalue weighted by Gasteiger charge is 2.32. The van der Waals surface area contributed by atoms with Crippen LogP contribution >= 0.6 is 0 Å². The standard InChI is InChI=1S/C11H15N3O/c1-7-2-3-8(6-9(7)12)14-5-4-10(14)11(13)15/h2-3,6,10H,4-5,12H2,1H3,(H2,13,15). The number of rotatable bonds is 2. The summed E-state index contributed by atoms with van der Waals surface area (Å²) in [5.74, 6) is -0.264. The molecule has 4 N–H and O–H groups in total. The zero-order valence-electron chi connectivity index (χ0n) is 8.73. The molecule has 1 fully saturated rings. The Morgan fingerprint density at radius 1 is 1.53 bits per heavy atom. The van der Waals surface area contributed by atoms with E-state index in [2.05, 4.69) is 0 Å². The van der Waals surface area contributed by atoms with E-state index in [1.54, 1.807) is 0 Å². The fourth-order valence-electron chi connectivity index (χ4n) is 1.80. The average molecular weight is 205 g/mol. The molecular weight excluding hydrogens is 190 g/mol. The summed E-state index contributed by atoms with van der Waals surface area (Å²) in [6, 6.07) is 5.67. The van der Waals surface area contributed by atoms with E-state index >= 15 is 0 Å². The van der Waals surface area contributed by atoms with Crippen molar-refractivity contribution in [3.05, 3.63) is 23.8 Å². The van der Waals surface area contributed by atoms with Gasteiger partial charge in [-0.1, -0.05) is 6.07 Å². The Labute approximate surface area is 88.9 Å². The van der Waals surface area contributed by atoms with E-state index in [1.165, 1.54) is 0 Å². The number of anilines is 2. The normalized spacial score (nSPS) is 19.8. The van der Waals surface area contributed by atoms with Gasteiger partial charge in [-0.2, -0.15) is 0 Å². The van der Waals surface area contributed by atoms with Crippen LogP contribution in [0.4, 0.5) is 11.4 Å². The minimum absolute atomic E-state index is 0.160. The highest BCUT2D eigenvalue weighted by molar-refractivity contribution is 5.85. The van der Waals surface area contributed by atoms with Gasteiger partial charge in [-0.05, 0) is 31.0 Å². The first-order valence-electron chi connectivity index (χ1n) is 5.01. The van der Waals surface area contributed by atoms with Crippen molar-refractivity contribution in [2.24, 2.45) is 5.73 Å². The first kappa shape index (κ1) is 9.83. The van der Waals surface area contributed by atoms with Crippen molar-refractivity contribution in [3.8, 4) is 0 Å². The second kappa shape index (κ2) is 3.46. The van der Waals surface area contributed by atoms with Gasteiger partial charge in [0.15, 0.2) is 0 Å². The lowest BCUT2D eigenvalue weighted by molar-refractivity contribution is -0.120. The van der Waals surface area contributed by atoms with Crippen molar-refractivity contribution in [2.75, 3.05) is 17.2 Å². The molecule has 0 aromatic heterocycles. The summed E-state index contributed by atoms with van der Waals surface area (Å²) < 4.78 is 0. The number of aryl methyl sites for hydroxylation is 1. The Bertz CT molecular complexity index is 403. The summed E-state index contributed by atoms with van der Waals surface area (Å²) in [5.41, 5.74) is 13.9. The van der Waals surface area contributed by atoms with E-state index < -0.39 is 0 Å². The number of carbonyl (C=O) groups excluding carboxylic acids is 1. The van der Waals surface area contributed by atoms with Gasteiger partial charge in [0.25, 0.3) is 0 Å². The van der Waals surface area contributed by atoms with Gasteiger partial charge < -0.3 is 16.4 Å². The number of nitrogens with zero attached hydrogens (tertiary/aromatic N) is 1. The second-order valence-electron chi connectivity index (χ2n) is 3.94. The largest absolute Gasteiger partial charge is 0.398 e. The molecule has 15 heavy (non-hydrogen) atoms. The van der Waals surface area contributed by atoms with Gasteiger partial charge in [-0.3, -0.25) is 4.79 Å². The monoisotopic (exact) mass is 205 g/mol. The van der Waals surface area contributed by atoms with E-state index in [1.807, 2.05) is 30.0 Å². The first-order chi connectivity index (χ1) is 7.09. The van der Waals surface area contributed by atoms with Crippen LogP contribution in [0.1, 0.15) is 12.0 Å². The van der Waals surface area contributed by atoms with Crippen molar-refractivity contribution in [1.29, 1.82) is 0 Å². The Morgan fingerprint density at radius 2 is 2.27 bits per heavy atom. The number of primary amides is 1. The third kappa shape index (κ3) is 1.63. The van der Waals surface area contributed by atoms with Gasteiger partial charge in [0, 0.05) is 17.9 Å². The zero-order valence-corrected chi connectivity index (χ0v) is 8.73. The Balaban J connectivity index is 2.23. The van der Waals surface area contributed by atoms with Gasteiger partial charge in [-0.25, -0.2) is 0 Å². The smallest absolute Gasteiger partial charge is 0.240 e. The summed E-state index contributed by atoms with van der Waals surface area (Å²) in [4.78, 5) is 13.1. The van der Waals surface area contributed by atoms with E-state index in [4.69, 9.17) is 11.5 Å². The van der Waals surface area contributed by atoms with Gasteiger partial charge in [0.1, 0.15) is 6.04 Å². The number of nitrogen functional groups attached to an aromatic ring is 1. The van der Waals surface area contributed by atoms with Crippen LogP contribution in [-0.2, 0) is 4.79 Å². The molecule has 1 aromatic rings. The molecule has 2 rings (SSSR count). The van der Waals surface area contributed by atoms with Crippen LogP contribution in [0.2, 0.25) is 0 Å². The number of benzene rings is 1. The van der Waals surface area contributed by atoms with Crippen molar-refractivity contribution in [3.63, 3.8) is 0 Å². The lowest BCUT2D eigenvalue weighted by atomic mass is 10.0. The predicted octanol–water partition coefficient (Wildman–Crippen LogP) is 0.641. The van der Waals surface area contributed by atoms with Crippen molar-refractivity contribution >= 4 is 17.3 Å². The van der Waals surface area contributed by atoms with Crippen molar-refractivity contribution in [1.82, 2.24) is 0 Å². The minimum Gasteiger partial charge on any atom is -0.398 e. The Morgan fingerprint density at radius 3 is 2.73 bits per heavy atom. The zero-order chi connectivity index (χ0) is 11.0. The lowest BCUT2D eigenvalue weighted by Crippen LogP contribution is -2.55. The number of carbonyl (C=O) groups is 1. The van der Waals surface area contributed by atoms with Crippen LogP contribution in [0.25, 0.3) is 0 Å². The minimum atomic E-state index is -0.264. The van der Waals surface area contributed by atoms with Crippen LogP contribution in [0, 0.1) is 6.92 Å². The molecule has 1 heterocycles. The fourth-order valence-corrected chi connectivity index (χ4v) is 1.80. The molecule has 1 aliphatic rings. The molecule has 1 aliphatic heterocycles. The highest BCUT2D eigenvalue weighted by atomic mass is 16.1. The molecule has 80 valence electrons. The topological polar surface area (TPSA) is 72.3 Å². The van der Waals surface area contributed by atoms with E-state index in [-0.39, 0.29) is 11.9 Å². The summed E-state index contributed by atoms with van der Waals surface area (Å²) in [6.07, 6.45) is 0.836. The maximum absolute atomic E-state index is 11.1. The third-order valence-corrected chi connectivity index (χ3v) is 2.94. The van der Waals surface area contributed by atoms with E-state index in [9.17, 15) is 4.79 Å². The first-order valence-corrected chi connectivity index (χ1v) is 5.01. The van der Waals surface area contributed by atoms with Crippen LogP contribution in [-0.4, -0.2) is 18.5 Å². The number of hydrogen-bond acceptors (Lipinski definition) is 3. The highest BCUT2D eigenvalue weighted by Crippen LogP contribution is 2.28. The molecule has 0 spiro atoms. The maximum atomic E-state index is 11.1. The second-order valence-corrected chi connectivity index (χ2v) is 3.94. The molecule has 0 bridgehead atoms. The summed E-state index contributed by atoms with van der Waals surface area (Å²) in [5, 5.41) is 0. The van der Waals surface area contributed by atoms with Crippen LogP contribution < -0.4 is 16.4 Å². The predicted molar refractivity (Wildman–Crippen MR) is 60.5 cm³/mol.